The molecule has 0 aliphatic carbocycles. The van der Waals surface area contributed by atoms with Crippen LogP contribution in [0.15, 0.2) is 0 Å². The van der Waals surface area contributed by atoms with Gasteiger partial charge in [0.25, 0.3) is 0 Å². The second-order valence-electron chi connectivity index (χ2n) is 0.136. The molecule has 0 aromatic heterocycles. The van der Waals surface area contributed by atoms with Crippen LogP contribution in [0.25, 0.3) is 0 Å². The first kappa shape index (κ1) is 5.35. The van der Waals surface area contributed by atoms with Gasteiger partial charge in [-0.25, -0.2) is 0 Å². The van der Waals surface area contributed by atoms with Gasteiger partial charge in [0.2, 0.25) is 0 Å². The summed E-state index contributed by atoms with van der Waals surface area (Å²) in [5.41, 5.74) is 0. The van der Waals surface area contributed by atoms with Crippen LogP contribution in [0.4, 0.5) is 0 Å². The molecule has 0 aromatic carbocycles. The van der Waals surface area contributed by atoms with Crippen molar-refractivity contribution >= 4 is 27.6 Å². The third kappa shape index (κ3) is 3.35. The van der Waals surface area contributed by atoms with E-state index in [1.54, 1.807) is 7.51 Å². The van der Waals surface area contributed by atoms with Crippen molar-refractivity contribution in [3.05, 3.63) is 0 Å². The summed E-state index contributed by atoms with van der Waals surface area (Å²) in [5, 5.41) is 0. The van der Waals surface area contributed by atoms with Crippen molar-refractivity contribution in [1.29, 1.82) is 0 Å². The molecule has 0 rings (SSSR count). The predicted octanol–water partition coefficient (Wildman–Crippen LogP) is -0.00970. The van der Waals surface area contributed by atoms with Crippen molar-refractivity contribution in [2.45, 2.75) is 0 Å². The van der Waals surface area contributed by atoms with Crippen molar-refractivity contribution in [3.8, 4) is 0 Å². The van der Waals surface area contributed by atoms with E-state index < -0.39 is 0 Å². The Morgan fingerprint density at radius 3 is 2.00 bits per heavy atom. The third-order valence-electron chi connectivity index (χ3n) is 0.0278. The van der Waals surface area contributed by atoms with Crippen LogP contribution in [0.5, 0.6) is 0 Å². The van der Waals surface area contributed by atoms with Gasteiger partial charge in [-0.2, -0.15) is 0 Å². The van der Waals surface area contributed by atoms with Gasteiger partial charge >= 0.3 is 45.6 Å². The SMILES string of the molecule is S=S=[S]=[Mo]. The fourth-order valence-electron chi connectivity index (χ4n) is 0. The summed E-state index contributed by atoms with van der Waals surface area (Å²) in [6.45, 7) is 0. The molecule has 4 heteroatoms. The van der Waals surface area contributed by atoms with Crippen LogP contribution in [-0.4, -0.2) is 0 Å². The van der Waals surface area contributed by atoms with E-state index in [2.05, 4.69) is 11.2 Å². The van der Waals surface area contributed by atoms with Crippen molar-refractivity contribution in [2.75, 3.05) is 0 Å². The second-order valence-corrected chi connectivity index (χ2v) is 5.46. The van der Waals surface area contributed by atoms with Gasteiger partial charge < -0.3 is 0 Å². The molecule has 0 unspecified atom stereocenters. The summed E-state index contributed by atoms with van der Waals surface area (Å²) in [6.07, 6.45) is 0. The van der Waals surface area contributed by atoms with Gasteiger partial charge in [-0.3, -0.25) is 0 Å². The molecular weight excluding hydrogens is 192 g/mol. The zero-order valence-electron chi connectivity index (χ0n) is 1.63. The van der Waals surface area contributed by atoms with Gasteiger partial charge in [0.1, 0.15) is 0 Å². The summed E-state index contributed by atoms with van der Waals surface area (Å²) in [6, 6.07) is 0. The minimum atomic E-state index is 1.36. The molecule has 0 amide bonds. The van der Waals surface area contributed by atoms with Crippen LogP contribution in [0.3, 0.4) is 0 Å². The normalized spacial score (nSPS) is 5.00. The third-order valence-corrected chi connectivity index (χ3v) is 4.44. The fraction of sp³-hybridized carbons (Fsp3) is 0. The van der Waals surface area contributed by atoms with Gasteiger partial charge in [0.05, 0.1) is 0 Å². The first-order valence-corrected chi connectivity index (χ1v) is 5.96. The Balaban J connectivity index is 3.95. The Morgan fingerprint density at radius 2 is 2.00 bits per heavy atom. The van der Waals surface area contributed by atoms with E-state index >= 15 is 0 Å². The molecule has 0 aromatic rings. The molecule has 0 spiro atoms. The van der Waals surface area contributed by atoms with Crippen LogP contribution in [0, 0.1) is 0 Å². The van der Waals surface area contributed by atoms with E-state index in [9.17, 15) is 0 Å². The van der Waals surface area contributed by atoms with E-state index in [0.717, 1.165) is 0 Å². The van der Waals surface area contributed by atoms with Crippen LogP contribution in [0.1, 0.15) is 0 Å². The average Bonchev–Trinajstić information content (AvgIpc) is 1.37. The second kappa shape index (κ2) is 4.35. The number of rotatable bonds is 0. The minimum absolute atomic E-state index is 1.36. The summed E-state index contributed by atoms with van der Waals surface area (Å²) in [4.78, 5) is 0. The van der Waals surface area contributed by atoms with E-state index in [-0.39, 0.29) is 0 Å². The molecule has 0 aliphatic rings. The molecule has 0 atom stereocenters. The van der Waals surface area contributed by atoms with Gasteiger partial charge in [-0.05, 0) is 0 Å². The van der Waals surface area contributed by atoms with Gasteiger partial charge in [-0.15, -0.1) is 0 Å². The zero-order valence-corrected chi connectivity index (χ0v) is 6.09. The Hall–Kier alpha value is 1.35. The molecule has 0 nitrogen and oxygen atoms in total. The molecule has 0 aliphatic heterocycles. The Labute approximate surface area is 45.4 Å². The van der Waals surface area contributed by atoms with Crippen LogP contribution in [-0.2, 0) is 45.6 Å². The van der Waals surface area contributed by atoms with Crippen molar-refractivity contribution < 1.29 is 18.0 Å². The maximum absolute atomic E-state index is 4.44. The van der Waals surface area contributed by atoms with Crippen molar-refractivity contribution in [3.63, 3.8) is 0 Å². The van der Waals surface area contributed by atoms with E-state index in [1.807, 2.05) is 18.0 Å². The molecule has 4 heavy (non-hydrogen) atoms. The quantitative estimate of drug-likeness (QED) is 0.486. The van der Waals surface area contributed by atoms with Crippen molar-refractivity contribution in [1.82, 2.24) is 0 Å². The fourth-order valence-corrected chi connectivity index (χ4v) is 0. The van der Waals surface area contributed by atoms with Crippen LogP contribution >= 0.6 is 0 Å². The summed E-state index contributed by atoms with van der Waals surface area (Å²) in [7, 11) is 2.96. The predicted molar refractivity (Wildman–Crippen MR) is 22.1 cm³/mol. The molecule has 0 bridgehead atoms. The first-order valence-electron chi connectivity index (χ1n) is 0.500. The average molecular weight is 192 g/mol. The van der Waals surface area contributed by atoms with Gasteiger partial charge in [-0.1, -0.05) is 0 Å². The van der Waals surface area contributed by atoms with Crippen LogP contribution in [0.2, 0.25) is 0 Å². The summed E-state index contributed by atoms with van der Waals surface area (Å²) >= 11 is 6.33. The van der Waals surface area contributed by atoms with E-state index in [0.29, 0.717) is 0 Å². The Morgan fingerprint density at radius 1 is 1.75 bits per heavy atom. The zero-order chi connectivity index (χ0) is 3.41. The summed E-state index contributed by atoms with van der Waals surface area (Å²) < 4.78 is 0. The van der Waals surface area contributed by atoms with Crippen LogP contribution < -0.4 is 0 Å². The molecule has 0 heterocycles. The molecule has 0 saturated heterocycles. The molecule has 0 radical (unpaired) electrons. The topological polar surface area (TPSA) is 0 Å². The Bertz CT molecular complexity index is 53.4. The number of hydrogen-bond donors (Lipinski definition) is 0. The van der Waals surface area contributed by atoms with E-state index in [1.165, 1.54) is 8.88 Å². The summed E-state index contributed by atoms with van der Waals surface area (Å²) in [5.74, 6) is 0. The Kier molecular flexibility index (Phi) is 5.81. The molecule has 0 saturated carbocycles. The molecule has 24 valence electrons. The molecular formula is MoS3. The van der Waals surface area contributed by atoms with Gasteiger partial charge in [0, 0.05) is 0 Å². The van der Waals surface area contributed by atoms with Crippen molar-refractivity contribution in [2.24, 2.45) is 0 Å². The standard InChI is InChI=1S/Mo.S3/c;1-3-2. The first-order chi connectivity index (χ1) is 1.91. The number of hydrogen-bond acceptors (Lipinski definition) is 1. The molecule has 0 N–H and O–H groups in total. The van der Waals surface area contributed by atoms with E-state index in [4.69, 9.17) is 0 Å². The van der Waals surface area contributed by atoms with Gasteiger partial charge in [0.15, 0.2) is 0 Å². The monoisotopic (exact) mass is 194 g/mol. The molecule has 0 fully saturated rings. The maximum atomic E-state index is 4.44.